The Morgan fingerprint density at radius 1 is 1.19 bits per heavy atom. The van der Waals surface area contributed by atoms with Crippen LogP contribution >= 0.6 is 0 Å². The fourth-order valence-corrected chi connectivity index (χ4v) is 2.36. The van der Waals surface area contributed by atoms with Gasteiger partial charge in [-0.25, -0.2) is 8.78 Å². The maximum atomic E-state index is 14.6. The third-order valence-corrected chi connectivity index (χ3v) is 3.30. The summed E-state index contributed by atoms with van der Waals surface area (Å²) in [6, 6.07) is 4.29. The highest BCUT2D eigenvalue weighted by atomic mass is 19.1. The molecule has 0 spiro atoms. The van der Waals surface area contributed by atoms with Crippen LogP contribution < -0.4 is 4.74 Å². The van der Waals surface area contributed by atoms with Crippen molar-refractivity contribution < 1.29 is 13.5 Å². The molecule has 1 aliphatic rings. The van der Waals surface area contributed by atoms with Crippen LogP contribution in [0, 0.1) is 5.82 Å². The summed E-state index contributed by atoms with van der Waals surface area (Å²) < 4.78 is 33.2. The fraction of sp³-hybridized carbons (Fsp3) is 0.538. The van der Waals surface area contributed by atoms with E-state index in [-0.39, 0.29) is 5.56 Å². The van der Waals surface area contributed by atoms with Crippen LogP contribution in [0.15, 0.2) is 18.2 Å². The van der Waals surface area contributed by atoms with E-state index in [9.17, 15) is 8.78 Å². The molecule has 0 atom stereocenters. The molecule has 2 rings (SSSR count). The van der Waals surface area contributed by atoms with Crippen molar-refractivity contribution in [2.24, 2.45) is 0 Å². The van der Waals surface area contributed by atoms with Crippen LogP contribution in [-0.4, -0.2) is 7.11 Å². The summed E-state index contributed by atoms with van der Waals surface area (Å²) in [4.78, 5) is 0. The number of rotatable bonds is 2. The molecule has 16 heavy (non-hydrogen) atoms. The van der Waals surface area contributed by atoms with Gasteiger partial charge in [0.2, 0.25) is 0 Å². The molecule has 0 amide bonds. The molecule has 1 fully saturated rings. The van der Waals surface area contributed by atoms with Crippen molar-refractivity contribution in [3.05, 3.63) is 29.6 Å². The second-order valence-corrected chi connectivity index (χ2v) is 4.37. The average Bonchev–Trinajstić information content (AvgIpc) is 2.30. The summed E-state index contributed by atoms with van der Waals surface area (Å²) in [6.45, 7) is 0. The largest absolute Gasteiger partial charge is 0.497 e. The van der Waals surface area contributed by atoms with Gasteiger partial charge in [0.05, 0.1) is 7.11 Å². The predicted octanol–water partition coefficient (Wildman–Crippen LogP) is 3.96. The Balaban J connectivity index is 2.37. The van der Waals surface area contributed by atoms with Crippen LogP contribution in [0.3, 0.4) is 0 Å². The minimum absolute atomic E-state index is 0.159. The van der Waals surface area contributed by atoms with Gasteiger partial charge >= 0.3 is 0 Å². The number of alkyl halides is 1. The van der Waals surface area contributed by atoms with Crippen LogP contribution in [-0.2, 0) is 5.67 Å². The van der Waals surface area contributed by atoms with E-state index in [2.05, 4.69) is 0 Å². The van der Waals surface area contributed by atoms with Crippen LogP contribution in [0.5, 0.6) is 5.75 Å². The third-order valence-electron chi connectivity index (χ3n) is 3.30. The average molecular weight is 226 g/mol. The number of ether oxygens (including phenoxy) is 1. The summed E-state index contributed by atoms with van der Waals surface area (Å²) >= 11 is 0. The summed E-state index contributed by atoms with van der Waals surface area (Å²) in [5.41, 5.74) is -1.34. The maximum Gasteiger partial charge on any atom is 0.139 e. The first-order chi connectivity index (χ1) is 7.65. The zero-order valence-electron chi connectivity index (χ0n) is 9.43. The lowest BCUT2D eigenvalue weighted by atomic mass is 9.81. The van der Waals surface area contributed by atoms with E-state index in [1.807, 2.05) is 0 Å². The molecule has 0 aliphatic heterocycles. The first-order valence-electron chi connectivity index (χ1n) is 5.69. The van der Waals surface area contributed by atoms with Gasteiger partial charge in [-0.3, -0.25) is 0 Å². The van der Waals surface area contributed by atoms with Gasteiger partial charge in [-0.05, 0) is 43.9 Å². The summed E-state index contributed by atoms with van der Waals surface area (Å²) in [7, 11) is 1.50. The minimum Gasteiger partial charge on any atom is -0.497 e. The smallest absolute Gasteiger partial charge is 0.139 e. The lowest BCUT2D eigenvalue weighted by Gasteiger charge is -2.30. The van der Waals surface area contributed by atoms with Gasteiger partial charge in [-0.2, -0.15) is 0 Å². The standard InChI is InChI=1S/C13H16F2O/c1-16-10-5-6-12(14)11(9-10)13(15)7-3-2-4-8-13/h5-6,9H,2-4,7-8H2,1H3. The SMILES string of the molecule is COc1ccc(F)c(C2(F)CCCCC2)c1. The number of hydrogen-bond acceptors (Lipinski definition) is 1. The Labute approximate surface area is 94.4 Å². The second-order valence-electron chi connectivity index (χ2n) is 4.37. The van der Waals surface area contributed by atoms with E-state index in [1.54, 1.807) is 0 Å². The molecule has 1 aliphatic carbocycles. The molecule has 1 aromatic rings. The molecule has 0 saturated heterocycles. The molecule has 0 radical (unpaired) electrons. The number of hydrogen-bond donors (Lipinski definition) is 0. The summed E-state index contributed by atoms with van der Waals surface area (Å²) in [5, 5.41) is 0. The van der Waals surface area contributed by atoms with Crippen molar-refractivity contribution >= 4 is 0 Å². The quantitative estimate of drug-likeness (QED) is 0.741. The monoisotopic (exact) mass is 226 g/mol. The normalized spacial score (nSPS) is 19.4. The van der Waals surface area contributed by atoms with E-state index in [4.69, 9.17) is 4.74 Å². The maximum absolute atomic E-state index is 14.6. The van der Waals surface area contributed by atoms with Gasteiger partial charge in [0.15, 0.2) is 0 Å². The minimum atomic E-state index is -1.50. The molecular weight excluding hydrogens is 210 g/mol. The number of benzene rings is 1. The first kappa shape index (κ1) is 11.4. The molecule has 1 nitrogen and oxygen atoms in total. The van der Waals surface area contributed by atoms with Gasteiger partial charge in [-0.15, -0.1) is 0 Å². The second kappa shape index (κ2) is 4.40. The van der Waals surface area contributed by atoms with Crippen LogP contribution in [0.4, 0.5) is 8.78 Å². The number of halogens is 2. The molecule has 1 aromatic carbocycles. The van der Waals surface area contributed by atoms with Crippen molar-refractivity contribution in [2.45, 2.75) is 37.8 Å². The zero-order valence-corrected chi connectivity index (χ0v) is 9.43. The summed E-state index contributed by atoms with van der Waals surface area (Å²) in [6.07, 6.45) is 3.52. The van der Waals surface area contributed by atoms with E-state index >= 15 is 0 Å². The number of methoxy groups -OCH3 is 1. The van der Waals surface area contributed by atoms with Crippen molar-refractivity contribution in [3.63, 3.8) is 0 Å². The van der Waals surface area contributed by atoms with Crippen molar-refractivity contribution in [1.82, 2.24) is 0 Å². The molecule has 1 saturated carbocycles. The van der Waals surface area contributed by atoms with Crippen molar-refractivity contribution in [1.29, 1.82) is 0 Å². The van der Waals surface area contributed by atoms with Gasteiger partial charge in [0.25, 0.3) is 0 Å². The Morgan fingerprint density at radius 2 is 1.88 bits per heavy atom. The lowest BCUT2D eigenvalue weighted by molar-refractivity contribution is 0.101. The topological polar surface area (TPSA) is 9.23 Å². The van der Waals surface area contributed by atoms with E-state index in [0.29, 0.717) is 18.6 Å². The van der Waals surface area contributed by atoms with Crippen LogP contribution in [0.25, 0.3) is 0 Å². The first-order valence-corrected chi connectivity index (χ1v) is 5.69. The van der Waals surface area contributed by atoms with Gasteiger partial charge < -0.3 is 4.74 Å². The Morgan fingerprint density at radius 3 is 2.50 bits per heavy atom. The third kappa shape index (κ3) is 2.04. The lowest BCUT2D eigenvalue weighted by Crippen LogP contribution is -2.24. The molecule has 88 valence electrons. The highest BCUT2D eigenvalue weighted by molar-refractivity contribution is 5.34. The van der Waals surface area contributed by atoms with Gasteiger partial charge in [-0.1, -0.05) is 6.42 Å². The van der Waals surface area contributed by atoms with E-state index < -0.39 is 11.5 Å². The van der Waals surface area contributed by atoms with Gasteiger partial charge in [0.1, 0.15) is 17.2 Å². The van der Waals surface area contributed by atoms with E-state index in [1.165, 1.54) is 25.3 Å². The van der Waals surface area contributed by atoms with Crippen molar-refractivity contribution in [3.8, 4) is 5.75 Å². The Hall–Kier alpha value is -1.12. The van der Waals surface area contributed by atoms with Crippen molar-refractivity contribution in [2.75, 3.05) is 7.11 Å². The molecule has 0 N–H and O–H groups in total. The molecular formula is C13H16F2O. The molecule has 3 heteroatoms. The highest BCUT2D eigenvalue weighted by Crippen LogP contribution is 2.42. The zero-order chi connectivity index (χ0) is 11.6. The van der Waals surface area contributed by atoms with E-state index in [0.717, 1.165) is 19.3 Å². The molecule has 0 unspecified atom stereocenters. The predicted molar refractivity (Wildman–Crippen MR) is 58.8 cm³/mol. The molecule has 0 bridgehead atoms. The Bertz CT molecular complexity index is 370. The van der Waals surface area contributed by atoms with Crippen LogP contribution in [0.1, 0.15) is 37.7 Å². The van der Waals surface area contributed by atoms with Crippen LogP contribution in [0.2, 0.25) is 0 Å². The fourth-order valence-electron chi connectivity index (χ4n) is 2.36. The Kier molecular flexibility index (Phi) is 3.13. The molecule has 0 aromatic heterocycles. The molecule has 0 heterocycles. The summed E-state index contributed by atoms with van der Waals surface area (Å²) in [5.74, 6) is 0.0456. The highest BCUT2D eigenvalue weighted by Gasteiger charge is 2.36. The van der Waals surface area contributed by atoms with Gasteiger partial charge in [0, 0.05) is 5.56 Å².